The lowest BCUT2D eigenvalue weighted by Gasteiger charge is -2.14. The maximum absolute atomic E-state index is 11.9. The first kappa shape index (κ1) is 14.8. The number of phenolic OH excluding ortho intramolecular Hbond substituents is 1. The van der Waals surface area contributed by atoms with Crippen molar-refractivity contribution in [3.63, 3.8) is 0 Å². The summed E-state index contributed by atoms with van der Waals surface area (Å²) in [6.45, 7) is 6.10. The molecule has 1 amide bonds. The fourth-order valence-electron chi connectivity index (χ4n) is 1.61. The number of nitrogens with one attached hydrogen (secondary N) is 2. The average molecular weight is 286 g/mol. The zero-order valence-corrected chi connectivity index (χ0v) is 12.2. The normalized spacial score (nSPS) is 11.8. The van der Waals surface area contributed by atoms with Crippen LogP contribution >= 0.6 is 0 Å². The van der Waals surface area contributed by atoms with Gasteiger partial charge in [0.1, 0.15) is 5.75 Å². The molecule has 2 aromatic rings. The average Bonchev–Trinajstić information content (AvgIpc) is 2.90. The van der Waals surface area contributed by atoms with E-state index in [-0.39, 0.29) is 17.1 Å². The number of hydrogen-bond acceptors (Lipinski definition) is 4. The summed E-state index contributed by atoms with van der Waals surface area (Å²) in [5.41, 5.74) is 4.26. The minimum atomic E-state index is -0.378. The first-order valence-electron chi connectivity index (χ1n) is 6.54. The number of amides is 1. The summed E-state index contributed by atoms with van der Waals surface area (Å²) >= 11 is 0. The molecule has 1 aromatic heterocycles. The maximum Gasteiger partial charge on any atom is 0.291 e. The molecule has 21 heavy (non-hydrogen) atoms. The van der Waals surface area contributed by atoms with Gasteiger partial charge in [-0.25, -0.2) is 5.43 Å². The van der Waals surface area contributed by atoms with Crippen molar-refractivity contribution >= 4 is 12.1 Å². The Morgan fingerprint density at radius 1 is 1.33 bits per heavy atom. The summed E-state index contributed by atoms with van der Waals surface area (Å²) in [5.74, 6) is -0.195. The van der Waals surface area contributed by atoms with Crippen molar-refractivity contribution in [2.45, 2.75) is 26.2 Å². The van der Waals surface area contributed by atoms with Crippen molar-refractivity contribution in [3.8, 4) is 5.75 Å². The van der Waals surface area contributed by atoms with Crippen LogP contribution in [0.2, 0.25) is 0 Å². The number of carbonyl (C=O) groups excluding carboxylic acids is 1. The number of hydrazone groups is 1. The van der Waals surface area contributed by atoms with Crippen LogP contribution in [0.4, 0.5) is 0 Å². The molecule has 0 spiro atoms. The first-order chi connectivity index (χ1) is 9.86. The number of benzene rings is 1. The minimum absolute atomic E-state index is 0.0964. The van der Waals surface area contributed by atoms with Crippen molar-refractivity contribution in [1.29, 1.82) is 0 Å². The van der Waals surface area contributed by atoms with Crippen LogP contribution in [0, 0.1) is 0 Å². The van der Waals surface area contributed by atoms with E-state index >= 15 is 0 Å². The molecule has 0 bridgehead atoms. The summed E-state index contributed by atoms with van der Waals surface area (Å²) in [4.78, 5) is 11.9. The molecule has 6 heteroatoms. The zero-order valence-electron chi connectivity index (χ0n) is 12.2. The molecule has 0 radical (unpaired) electrons. The summed E-state index contributed by atoms with van der Waals surface area (Å²) in [6.07, 6.45) is 1.49. The smallest absolute Gasteiger partial charge is 0.291 e. The Kier molecular flexibility index (Phi) is 4.07. The molecule has 0 atom stereocenters. The standard InChI is InChI=1S/C15H18N4O2/c1-15(2,3)13-8-12(17-18-13)14(21)19-16-9-10-4-6-11(20)7-5-10/h4-9,20H,1-3H3,(H,17,18)(H,19,21)/b16-9-. The number of H-pyrrole nitrogens is 1. The molecule has 0 aliphatic carbocycles. The molecule has 1 aromatic carbocycles. The van der Waals surface area contributed by atoms with Gasteiger partial charge in [-0.1, -0.05) is 20.8 Å². The first-order valence-corrected chi connectivity index (χ1v) is 6.54. The molecular weight excluding hydrogens is 268 g/mol. The molecule has 3 N–H and O–H groups in total. The zero-order chi connectivity index (χ0) is 15.5. The lowest BCUT2D eigenvalue weighted by atomic mass is 9.92. The molecule has 2 rings (SSSR count). The van der Waals surface area contributed by atoms with E-state index in [0.29, 0.717) is 5.69 Å². The van der Waals surface area contributed by atoms with E-state index in [2.05, 4.69) is 20.7 Å². The number of phenols is 1. The monoisotopic (exact) mass is 286 g/mol. The van der Waals surface area contributed by atoms with Gasteiger partial charge in [0.05, 0.1) is 6.21 Å². The number of carbonyl (C=O) groups is 1. The largest absolute Gasteiger partial charge is 0.508 e. The second-order valence-corrected chi connectivity index (χ2v) is 5.71. The number of nitrogens with zero attached hydrogens (tertiary/aromatic N) is 2. The van der Waals surface area contributed by atoms with Crippen molar-refractivity contribution in [2.24, 2.45) is 5.10 Å². The van der Waals surface area contributed by atoms with E-state index in [0.717, 1.165) is 11.3 Å². The van der Waals surface area contributed by atoms with Gasteiger partial charge in [0.15, 0.2) is 5.69 Å². The second kappa shape index (κ2) is 5.78. The Morgan fingerprint density at radius 3 is 2.57 bits per heavy atom. The van der Waals surface area contributed by atoms with Gasteiger partial charge in [0.2, 0.25) is 0 Å². The van der Waals surface area contributed by atoms with E-state index in [1.807, 2.05) is 20.8 Å². The third-order valence-corrected chi connectivity index (χ3v) is 2.89. The van der Waals surface area contributed by atoms with Crippen molar-refractivity contribution in [2.75, 3.05) is 0 Å². The van der Waals surface area contributed by atoms with Gasteiger partial charge in [-0.3, -0.25) is 9.89 Å². The Morgan fingerprint density at radius 2 is 2.00 bits per heavy atom. The topological polar surface area (TPSA) is 90.4 Å². The highest BCUT2D eigenvalue weighted by atomic mass is 16.3. The van der Waals surface area contributed by atoms with Crippen LogP contribution in [0.3, 0.4) is 0 Å². The number of hydrogen-bond donors (Lipinski definition) is 3. The third kappa shape index (κ3) is 3.92. The van der Waals surface area contributed by atoms with Gasteiger partial charge in [0.25, 0.3) is 5.91 Å². The molecule has 6 nitrogen and oxygen atoms in total. The van der Waals surface area contributed by atoms with Gasteiger partial charge in [0, 0.05) is 11.1 Å². The highest BCUT2D eigenvalue weighted by Crippen LogP contribution is 2.20. The van der Waals surface area contributed by atoms with E-state index in [4.69, 9.17) is 5.11 Å². The molecular formula is C15H18N4O2. The lowest BCUT2D eigenvalue weighted by molar-refractivity contribution is 0.0950. The Hall–Kier alpha value is -2.63. The number of aromatic hydroxyl groups is 1. The predicted molar refractivity (Wildman–Crippen MR) is 80.5 cm³/mol. The molecule has 110 valence electrons. The highest BCUT2D eigenvalue weighted by Gasteiger charge is 2.18. The fraction of sp³-hybridized carbons (Fsp3) is 0.267. The molecule has 0 unspecified atom stereocenters. The van der Waals surface area contributed by atoms with Crippen LogP contribution in [0.15, 0.2) is 35.4 Å². The second-order valence-electron chi connectivity index (χ2n) is 5.71. The van der Waals surface area contributed by atoms with Gasteiger partial charge in [-0.05, 0) is 35.9 Å². The minimum Gasteiger partial charge on any atom is -0.508 e. The van der Waals surface area contributed by atoms with Crippen LogP contribution in [-0.2, 0) is 5.41 Å². The number of rotatable bonds is 3. The fourth-order valence-corrected chi connectivity index (χ4v) is 1.61. The van der Waals surface area contributed by atoms with E-state index in [1.54, 1.807) is 30.3 Å². The summed E-state index contributed by atoms with van der Waals surface area (Å²) in [7, 11) is 0. The van der Waals surface area contributed by atoms with Gasteiger partial charge >= 0.3 is 0 Å². The summed E-state index contributed by atoms with van der Waals surface area (Å²) in [5, 5.41) is 19.8. The van der Waals surface area contributed by atoms with Crippen LogP contribution in [0.5, 0.6) is 5.75 Å². The van der Waals surface area contributed by atoms with Gasteiger partial charge in [-0.2, -0.15) is 10.2 Å². The van der Waals surface area contributed by atoms with Crippen LogP contribution in [0.25, 0.3) is 0 Å². The van der Waals surface area contributed by atoms with E-state index in [1.165, 1.54) is 6.21 Å². The summed E-state index contributed by atoms with van der Waals surface area (Å²) in [6, 6.07) is 8.19. The quantitative estimate of drug-likeness (QED) is 0.596. The Bertz CT molecular complexity index is 651. The molecule has 0 aliphatic heterocycles. The molecule has 0 saturated carbocycles. The number of aromatic amines is 1. The molecule has 0 saturated heterocycles. The van der Waals surface area contributed by atoms with Crippen molar-refractivity contribution < 1.29 is 9.90 Å². The molecule has 0 fully saturated rings. The highest BCUT2D eigenvalue weighted by molar-refractivity contribution is 5.93. The summed E-state index contributed by atoms with van der Waals surface area (Å²) < 4.78 is 0. The van der Waals surface area contributed by atoms with Crippen LogP contribution < -0.4 is 5.43 Å². The van der Waals surface area contributed by atoms with Crippen LogP contribution in [-0.4, -0.2) is 27.4 Å². The third-order valence-electron chi connectivity index (χ3n) is 2.89. The van der Waals surface area contributed by atoms with Crippen molar-refractivity contribution in [3.05, 3.63) is 47.3 Å². The Labute approximate surface area is 122 Å². The predicted octanol–water partition coefficient (Wildman–Crippen LogP) is 2.18. The molecule has 0 aliphatic rings. The van der Waals surface area contributed by atoms with Crippen LogP contribution in [0.1, 0.15) is 42.5 Å². The van der Waals surface area contributed by atoms with E-state index < -0.39 is 0 Å². The van der Waals surface area contributed by atoms with E-state index in [9.17, 15) is 4.79 Å². The van der Waals surface area contributed by atoms with Gasteiger partial charge in [-0.15, -0.1) is 0 Å². The van der Waals surface area contributed by atoms with Gasteiger partial charge < -0.3 is 5.11 Å². The lowest BCUT2D eigenvalue weighted by Crippen LogP contribution is -2.18. The molecule has 1 heterocycles. The Balaban J connectivity index is 1.98. The number of aromatic nitrogens is 2. The SMILES string of the molecule is CC(C)(C)c1cc(C(=O)N/N=C\c2ccc(O)cc2)n[nH]1. The van der Waals surface area contributed by atoms with Crippen molar-refractivity contribution in [1.82, 2.24) is 15.6 Å². The maximum atomic E-state index is 11.9.